The van der Waals surface area contributed by atoms with Crippen LogP contribution >= 0.6 is 0 Å². The highest BCUT2D eigenvalue weighted by Gasteiger charge is 2.19. The summed E-state index contributed by atoms with van der Waals surface area (Å²) in [7, 11) is 0. The minimum absolute atomic E-state index is 0.325. The largest absolute Gasteiger partial charge is 0.437 e. The first-order chi connectivity index (χ1) is 18.7. The van der Waals surface area contributed by atoms with Crippen LogP contribution in [-0.4, -0.2) is 53.8 Å². The van der Waals surface area contributed by atoms with Gasteiger partial charge in [0.1, 0.15) is 5.75 Å². The van der Waals surface area contributed by atoms with Crippen molar-refractivity contribution >= 4 is 22.4 Å². The average molecular weight is 511 g/mol. The van der Waals surface area contributed by atoms with Gasteiger partial charge in [-0.15, -0.1) is 0 Å². The van der Waals surface area contributed by atoms with Gasteiger partial charge < -0.3 is 25.4 Å². The molecule has 2 atom stereocenters. The average Bonchev–Trinajstić information content (AvgIpc) is 3.48. The summed E-state index contributed by atoms with van der Waals surface area (Å²) in [4.78, 5) is 13.9. The molecule has 6 rings (SSSR count). The Morgan fingerprint density at radius 2 is 2.00 bits per heavy atom. The van der Waals surface area contributed by atoms with E-state index in [-0.39, 0.29) is 0 Å². The maximum absolute atomic E-state index is 6.58. The van der Waals surface area contributed by atoms with E-state index in [1.807, 2.05) is 18.2 Å². The smallest absolute Gasteiger partial charge is 0.228 e. The fourth-order valence-electron chi connectivity index (χ4n) is 5.23. The Balaban J connectivity index is 1.29. The van der Waals surface area contributed by atoms with E-state index in [0.717, 1.165) is 91.1 Å². The van der Waals surface area contributed by atoms with Gasteiger partial charge in [0.2, 0.25) is 11.8 Å². The third-order valence-corrected chi connectivity index (χ3v) is 7.35. The van der Waals surface area contributed by atoms with Gasteiger partial charge in [-0.1, -0.05) is 24.3 Å². The second kappa shape index (κ2) is 11.3. The number of aromatic nitrogens is 3. The molecule has 2 aliphatic rings. The molecule has 0 radical (unpaired) electrons. The van der Waals surface area contributed by atoms with Gasteiger partial charge in [0.05, 0.1) is 17.9 Å². The van der Waals surface area contributed by atoms with Gasteiger partial charge in [0.25, 0.3) is 0 Å². The summed E-state index contributed by atoms with van der Waals surface area (Å²) in [5, 5.41) is 12.7. The van der Waals surface area contributed by atoms with Gasteiger partial charge >= 0.3 is 0 Å². The highest BCUT2D eigenvalue weighted by molar-refractivity contribution is 5.98. The number of hydrogen-bond acceptors (Lipinski definition) is 8. The maximum Gasteiger partial charge on any atom is 0.228 e. The van der Waals surface area contributed by atoms with Crippen molar-refractivity contribution in [2.24, 2.45) is 5.92 Å². The van der Waals surface area contributed by atoms with Crippen LogP contribution in [0.2, 0.25) is 0 Å². The van der Waals surface area contributed by atoms with E-state index in [2.05, 4.69) is 63.2 Å². The van der Waals surface area contributed by atoms with Crippen LogP contribution < -0.4 is 20.7 Å². The first-order valence-corrected chi connectivity index (χ1v) is 13.5. The molecule has 38 heavy (non-hydrogen) atoms. The molecule has 196 valence electrons. The molecular formula is C30H34N6O2. The topological polar surface area (TPSA) is 93.2 Å². The number of rotatable bonds is 8. The zero-order valence-electron chi connectivity index (χ0n) is 21.7. The summed E-state index contributed by atoms with van der Waals surface area (Å²) in [6, 6.07) is 16.7. The molecule has 0 spiro atoms. The number of aryl methyl sites for hydroxylation is 1. The Bertz CT molecular complexity index is 1400. The van der Waals surface area contributed by atoms with E-state index < -0.39 is 0 Å². The molecule has 3 N–H and O–H groups in total. The van der Waals surface area contributed by atoms with E-state index in [0.29, 0.717) is 23.8 Å². The molecule has 4 heterocycles. The van der Waals surface area contributed by atoms with Gasteiger partial charge in [0, 0.05) is 60.5 Å². The molecule has 8 heteroatoms. The molecule has 2 aromatic carbocycles. The number of fused-ring (bicyclic) bond motifs is 1. The van der Waals surface area contributed by atoms with Crippen LogP contribution in [-0.2, 0) is 4.74 Å². The number of benzene rings is 2. The minimum atomic E-state index is 0.325. The molecule has 8 nitrogen and oxygen atoms in total. The van der Waals surface area contributed by atoms with Crippen LogP contribution in [0.3, 0.4) is 0 Å². The summed E-state index contributed by atoms with van der Waals surface area (Å²) in [5.74, 6) is 2.49. The van der Waals surface area contributed by atoms with E-state index in [9.17, 15) is 0 Å². The van der Waals surface area contributed by atoms with E-state index >= 15 is 0 Å². The van der Waals surface area contributed by atoms with Crippen LogP contribution in [0.25, 0.3) is 22.0 Å². The van der Waals surface area contributed by atoms with E-state index in [4.69, 9.17) is 14.5 Å². The molecule has 2 aromatic heterocycles. The second-order valence-electron chi connectivity index (χ2n) is 10.1. The Morgan fingerprint density at radius 3 is 2.87 bits per heavy atom. The molecule has 2 saturated heterocycles. The number of pyridine rings is 1. The molecule has 0 amide bonds. The van der Waals surface area contributed by atoms with Crippen LogP contribution in [0.5, 0.6) is 11.6 Å². The number of hydrogen-bond donors (Lipinski definition) is 3. The van der Waals surface area contributed by atoms with Gasteiger partial charge in [-0.25, -0.2) is 15.0 Å². The number of anilines is 2. The van der Waals surface area contributed by atoms with Crippen molar-refractivity contribution in [2.75, 3.05) is 43.5 Å². The van der Waals surface area contributed by atoms with E-state index in [1.165, 1.54) is 0 Å². The molecular weight excluding hydrogens is 476 g/mol. The van der Waals surface area contributed by atoms with Crippen molar-refractivity contribution in [3.8, 4) is 22.9 Å². The maximum atomic E-state index is 6.58. The number of nitrogens with one attached hydrogen (secondary N) is 3. The Kier molecular flexibility index (Phi) is 7.33. The van der Waals surface area contributed by atoms with Gasteiger partial charge in [-0.2, -0.15) is 0 Å². The fourth-order valence-corrected chi connectivity index (χ4v) is 5.23. The Morgan fingerprint density at radius 1 is 1.03 bits per heavy atom. The number of ether oxygens (including phenoxy) is 2. The SMILES string of the molecule is Cc1ccc2c(NC[C@H]3CCOC3)cccc2c1Oc1ncccc1-c1ccnc(N[C@H]2CCCNC2)n1. The van der Waals surface area contributed by atoms with E-state index in [1.54, 1.807) is 12.4 Å². The summed E-state index contributed by atoms with van der Waals surface area (Å²) < 4.78 is 12.1. The summed E-state index contributed by atoms with van der Waals surface area (Å²) in [5.41, 5.74) is 3.74. The zero-order chi connectivity index (χ0) is 25.7. The van der Waals surface area contributed by atoms with Gasteiger partial charge in [-0.3, -0.25) is 0 Å². The lowest BCUT2D eigenvalue weighted by molar-refractivity contribution is 0.187. The molecule has 2 aliphatic heterocycles. The third-order valence-electron chi connectivity index (χ3n) is 7.35. The Hall–Kier alpha value is -3.75. The van der Waals surface area contributed by atoms with Gasteiger partial charge in [0.15, 0.2) is 0 Å². The predicted octanol–water partition coefficient (Wildman–Crippen LogP) is 5.40. The summed E-state index contributed by atoms with van der Waals surface area (Å²) >= 11 is 0. The highest BCUT2D eigenvalue weighted by Crippen LogP contribution is 2.38. The quantitative estimate of drug-likeness (QED) is 0.290. The lowest BCUT2D eigenvalue weighted by atomic mass is 10.0. The lowest BCUT2D eigenvalue weighted by Crippen LogP contribution is -2.38. The van der Waals surface area contributed by atoms with Crippen LogP contribution in [0.1, 0.15) is 24.8 Å². The van der Waals surface area contributed by atoms with Crippen molar-refractivity contribution in [3.63, 3.8) is 0 Å². The molecule has 2 fully saturated rings. The van der Waals surface area contributed by atoms with Crippen molar-refractivity contribution in [1.29, 1.82) is 0 Å². The van der Waals surface area contributed by atoms with Crippen LogP contribution in [0.4, 0.5) is 11.6 Å². The van der Waals surface area contributed by atoms with Crippen LogP contribution in [0.15, 0.2) is 60.9 Å². The zero-order valence-corrected chi connectivity index (χ0v) is 21.7. The van der Waals surface area contributed by atoms with Crippen molar-refractivity contribution < 1.29 is 9.47 Å². The summed E-state index contributed by atoms with van der Waals surface area (Å²) in [6.45, 7) is 6.63. The molecule has 0 bridgehead atoms. The predicted molar refractivity (Wildman–Crippen MR) is 151 cm³/mol. The molecule has 4 aromatic rings. The summed E-state index contributed by atoms with van der Waals surface area (Å²) in [6.07, 6.45) is 6.89. The first kappa shape index (κ1) is 24.6. The van der Waals surface area contributed by atoms with Crippen molar-refractivity contribution in [3.05, 3.63) is 66.5 Å². The third kappa shape index (κ3) is 5.42. The standard InChI is InChI=1S/C30H34N6O2/c1-20-9-10-23-24(6-2-8-26(23)34-17-21-12-16-37-19-21)28(20)38-29-25(7-4-14-32-29)27-11-15-33-30(36-27)35-22-5-3-13-31-18-22/h2,4,6-11,14-15,21-22,31,34H,3,5,12-13,16-19H2,1H3,(H,33,35,36)/t21-,22+/m1/s1. The molecule has 0 aliphatic carbocycles. The van der Waals surface area contributed by atoms with Crippen molar-refractivity contribution in [2.45, 2.75) is 32.2 Å². The first-order valence-electron chi connectivity index (χ1n) is 13.5. The lowest BCUT2D eigenvalue weighted by Gasteiger charge is -2.23. The molecule has 0 saturated carbocycles. The van der Waals surface area contributed by atoms with Crippen molar-refractivity contribution in [1.82, 2.24) is 20.3 Å². The Labute approximate surface area is 223 Å². The number of nitrogens with zero attached hydrogens (tertiary/aromatic N) is 3. The fraction of sp³-hybridized carbons (Fsp3) is 0.367. The van der Waals surface area contributed by atoms with Gasteiger partial charge in [-0.05, 0) is 62.6 Å². The minimum Gasteiger partial charge on any atom is -0.437 e. The molecule has 0 unspecified atom stereocenters. The normalized spacial score (nSPS) is 19.4. The van der Waals surface area contributed by atoms with Crippen LogP contribution in [0, 0.1) is 12.8 Å². The monoisotopic (exact) mass is 510 g/mol. The number of piperidine rings is 1. The highest BCUT2D eigenvalue weighted by atomic mass is 16.5. The second-order valence-corrected chi connectivity index (χ2v) is 10.1.